The number of hydrogen-bond acceptors (Lipinski definition) is 3. The first-order valence-electron chi connectivity index (χ1n) is 8.26. The average molecular weight is 312 g/mol. The van der Waals surface area contributed by atoms with Crippen molar-refractivity contribution < 1.29 is 4.79 Å². The van der Waals surface area contributed by atoms with Crippen molar-refractivity contribution in [3.05, 3.63) is 47.5 Å². The molecule has 5 heteroatoms. The van der Waals surface area contributed by atoms with E-state index in [-0.39, 0.29) is 17.9 Å². The molecule has 1 aliphatic heterocycles. The monoisotopic (exact) mass is 312 g/mol. The summed E-state index contributed by atoms with van der Waals surface area (Å²) in [6.07, 6.45) is 5.28. The zero-order chi connectivity index (χ0) is 16.4. The van der Waals surface area contributed by atoms with Crippen LogP contribution in [-0.4, -0.2) is 32.1 Å². The zero-order valence-corrected chi connectivity index (χ0v) is 14.1. The van der Waals surface area contributed by atoms with E-state index in [1.165, 1.54) is 23.0 Å². The lowest BCUT2D eigenvalue weighted by molar-refractivity contribution is -0.136. The van der Waals surface area contributed by atoms with Gasteiger partial charge in [-0.1, -0.05) is 25.1 Å². The summed E-state index contributed by atoms with van der Waals surface area (Å²) in [5.41, 5.74) is 3.84. The number of hydrogen-bond donors (Lipinski definition) is 0. The van der Waals surface area contributed by atoms with Crippen LogP contribution >= 0.6 is 0 Å². The summed E-state index contributed by atoms with van der Waals surface area (Å²) in [7, 11) is 0. The first kappa shape index (κ1) is 15.7. The lowest BCUT2D eigenvalue weighted by Gasteiger charge is -2.28. The Morgan fingerprint density at radius 2 is 2.17 bits per heavy atom. The molecule has 1 saturated heterocycles. The van der Waals surface area contributed by atoms with Gasteiger partial charge in [-0.2, -0.15) is 5.10 Å². The first-order valence-corrected chi connectivity index (χ1v) is 8.26. The highest BCUT2D eigenvalue weighted by molar-refractivity contribution is 5.79. The van der Waals surface area contributed by atoms with Crippen LogP contribution < -0.4 is 0 Å². The molecule has 5 nitrogen and oxygen atoms in total. The molecular weight excluding hydrogens is 288 g/mol. The van der Waals surface area contributed by atoms with Crippen molar-refractivity contribution in [3.63, 3.8) is 0 Å². The Kier molecular flexibility index (Phi) is 4.46. The molecule has 0 aliphatic carbocycles. The summed E-state index contributed by atoms with van der Waals surface area (Å²) < 4.78 is 1.73. The van der Waals surface area contributed by atoms with Crippen molar-refractivity contribution in [3.8, 4) is 0 Å². The van der Waals surface area contributed by atoms with E-state index in [1.807, 2.05) is 11.8 Å². The number of nitrogens with zero attached hydrogens (tertiary/aromatic N) is 4. The number of benzene rings is 1. The Morgan fingerprint density at radius 3 is 2.87 bits per heavy atom. The van der Waals surface area contributed by atoms with Gasteiger partial charge in [-0.15, -0.1) is 0 Å². The summed E-state index contributed by atoms with van der Waals surface area (Å²) in [6, 6.07) is 6.76. The van der Waals surface area contributed by atoms with Crippen LogP contribution in [-0.2, 0) is 11.3 Å². The molecule has 2 heterocycles. The Morgan fingerprint density at radius 1 is 1.35 bits per heavy atom. The van der Waals surface area contributed by atoms with Gasteiger partial charge in [-0.3, -0.25) is 9.48 Å². The molecule has 1 aliphatic rings. The second-order valence-electron chi connectivity index (χ2n) is 6.55. The van der Waals surface area contributed by atoms with Gasteiger partial charge in [-0.25, -0.2) is 4.98 Å². The van der Waals surface area contributed by atoms with Crippen LogP contribution in [0, 0.1) is 19.8 Å². The number of aryl methyl sites for hydroxylation is 2. The SMILES string of the molecule is Cc1ccc(C2CCCN2C(=O)C(C)Cn2cncn2)cc1C. The van der Waals surface area contributed by atoms with Crippen molar-refractivity contribution >= 4 is 5.91 Å². The summed E-state index contributed by atoms with van der Waals surface area (Å²) in [4.78, 5) is 18.9. The lowest BCUT2D eigenvalue weighted by Crippen LogP contribution is -2.36. The van der Waals surface area contributed by atoms with E-state index in [4.69, 9.17) is 0 Å². The molecule has 1 aromatic carbocycles. The van der Waals surface area contributed by atoms with Gasteiger partial charge in [0, 0.05) is 6.54 Å². The summed E-state index contributed by atoms with van der Waals surface area (Å²) in [6.45, 7) is 7.65. The smallest absolute Gasteiger partial charge is 0.227 e. The van der Waals surface area contributed by atoms with Gasteiger partial charge >= 0.3 is 0 Å². The highest BCUT2D eigenvalue weighted by Gasteiger charge is 2.32. The molecule has 0 radical (unpaired) electrons. The van der Waals surface area contributed by atoms with Gasteiger partial charge in [0.1, 0.15) is 12.7 Å². The Labute approximate surface area is 137 Å². The van der Waals surface area contributed by atoms with Crippen LogP contribution in [0.1, 0.15) is 42.5 Å². The van der Waals surface area contributed by atoms with Crippen LogP contribution in [0.15, 0.2) is 30.9 Å². The quantitative estimate of drug-likeness (QED) is 0.872. The fourth-order valence-electron chi connectivity index (χ4n) is 3.32. The normalized spacial score (nSPS) is 19.1. The maximum absolute atomic E-state index is 12.9. The van der Waals surface area contributed by atoms with Gasteiger partial charge in [0.05, 0.1) is 18.5 Å². The number of likely N-dealkylation sites (tertiary alicyclic amines) is 1. The zero-order valence-electron chi connectivity index (χ0n) is 14.1. The van der Waals surface area contributed by atoms with Crippen LogP contribution in [0.2, 0.25) is 0 Å². The molecule has 2 unspecified atom stereocenters. The third-order valence-electron chi connectivity index (χ3n) is 4.80. The standard InChI is InChI=1S/C18H24N4O/c1-13-6-7-16(9-14(13)2)17-5-4-8-22(17)18(23)15(3)10-21-12-19-11-20-21/h6-7,9,11-12,15,17H,4-5,8,10H2,1-3H3. The topological polar surface area (TPSA) is 51.0 Å². The van der Waals surface area contributed by atoms with E-state index in [0.717, 1.165) is 19.4 Å². The molecule has 0 bridgehead atoms. The average Bonchev–Trinajstić information content (AvgIpc) is 3.20. The van der Waals surface area contributed by atoms with Gasteiger partial charge in [0.25, 0.3) is 0 Å². The van der Waals surface area contributed by atoms with Gasteiger partial charge < -0.3 is 4.90 Å². The molecule has 0 spiro atoms. The predicted molar refractivity (Wildman–Crippen MR) is 88.8 cm³/mol. The van der Waals surface area contributed by atoms with Crippen LogP contribution in [0.5, 0.6) is 0 Å². The van der Waals surface area contributed by atoms with Crippen molar-refractivity contribution in [1.82, 2.24) is 19.7 Å². The van der Waals surface area contributed by atoms with E-state index in [2.05, 4.69) is 42.1 Å². The number of carbonyl (C=O) groups excluding carboxylic acids is 1. The maximum Gasteiger partial charge on any atom is 0.227 e. The summed E-state index contributed by atoms with van der Waals surface area (Å²) in [5, 5.41) is 4.10. The van der Waals surface area contributed by atoms with Crippen LogP contribution in [0.4, 0.5) is 0 Å². The molecular formula is C18H24N4O. The predicted octanol–water partition coefficient (Wildman–Crippen LogP) is 2.89. The van der Waals surface area contributed by atoms with Crippen LogP contribution in [0.25, 0.3) is 0 Å². The second-order valence-corrected chi connectivity index (χ2v) is 6.55. The van der Waals surface area contributed by atoms with E-state index in [9.17, 15) is 4.79 Å². The van der Waals surface area contributed by atoms with E-state index >= 15 is 0 Å². The Hall–Kier alpha value is -2.17. The molecule has 0 N–H and O–H groups in total. The van der Waals surface area contributed by atoms with Crippen LogP contribution in [0.3, 0.4) is 0 Å². The van der Waals surface area contributed by atoms with Crippen molar-refractivity contribution in [2.24, 2.45) is 5.92 Å². The molecule has 3 rings (SSSR count). The fourth-order valence-corrected chi connectivity index (χ4v) is 3.32. The Bertz CT molecular complexity index is 680. The number of carbonyl (C=O) groups is 1. The van der Waals surface area contributed by atoms with Crippen molar-refractivity contribution in [1.29, 1.82) is 0 Å². The molecule has 1 fully saturated rings. The van der Waals surface area contributed by atoms with E-state index < -0.39 is 0 Å². The molecule has 23 heavy (non-hydrogen) atoms. The lowest BCUT2D eigenvalue weighted by atomic mass is 9.99. The minimum Gasteiger partial charge on any atom is -0.335 e. The molecule has 0 saturated carbocycles. The molecule has 2 aromatic rings. The minimum atomic E-state index is -0.0937. The third kappa shape index (κ3) is 3.28. The molecule has 1 amide bonds. The summed E-state index contributed by atoms with van der Waals surface area (Å²) >= 11 is 0. The highest BCUT2D eigenvalue weighted by atomic mass is 16.2. The number of amides is 1. The van der Waals surface area contributed by atoms with Gasteiger partial charge in [-0.05, 0) is 43.4 Å². The Balaban J connectivity index is 1.75. The van der Waals surface area contributed by atoms with Gasteiger partial charge in [0.15, 0.2) is 0 Å². The summed E-state index contributed by atoms with van der Waals surface area (Å²) in [5.74, 6) is 0.116. The minimum absolute atomic E-state index is 0.0937. The molecule has 2 atom stereocenters. The molecule has 122 valence electrons. The van der Waals surface area contributed by atoms with E-state index in [1.54, 1.807) is 11.0 Å². The maximum atomic E-state index is 12.9. The first-order chi connectivity index (χ1) is 11.1. The fraction of sp³-hybridized carbons (Fsp3) is 0.500. The third-order valence-corrected chi connectivity index (χ3v) is 4.80. The molecule has 1 aromatic heterocycles. The van der Waals surface area contributed by atoms with Crippen molar-refractivity contribution in [2.45, 2.75) is 46.2 Å². The van der Waals surface area contributed by atoms with E-state index in [0.29, 0.717) is 6.54 Å². The highest BCUT2D eigenvalue weighted by Crippen LogP contribution is 2.34. The number of rotatable bonds is 4. The van der Waals surface area contributed by atoms with Crippen molar-refractivity contribution in [2.75, 3.05) is 6.54 Å². The largest absolute Gasteiger partial charge is 0.335 e. The second kappa shape index (κ2) is 6.52. The van der Waals surface area contributed by atoms with Gasteiger partial charge in [0.2, 0.25) is 5.91 Å². The number of aromatic nitrogens is 3.